The van der Waals surface area contributed by atoms with Gasteiger partial charge in [-0.05, 0) is 6.08 Å². The minimum absolute atomic E-state index is 0.153. The topological polar surface area (TPSA) is 59.0 Å². The molecule has 72 valence electrons. The second kappa shape index (κ2) is 3.10. The van der Waals surface area contributed by atoms with Crippen molar-refractivity contribution in [3.05, 3.63) is 24.2 Å². The molecule has 2 aliphatic heterocycles. The first-order valence-electron chi connectivity index (χ1n) is 4.06. The average molecular weight is 192 g/mol. The molecule has 1 unspecified atom stereocenters. The number of carbonyl (C=O) groups excluding carboxylic acids is 2. The van der Waals surface area contributed by atoms with E-state index in [0.29, 0.717) is 5.88 Å². The van der Waals surface area contributed by atoms with Gasteiger partial charge in [-0.1, -0.05) is 0 Å². The van der Waals surface area contributed by atoms with Gasteiger partial charge in [-0.2, -0.15) is 0 Å². The molecule has 5 heteroatoms. The number of methoxy groups -OCH3 is 1. The molecule has 0 spiro atoms. The smallest absolute Gasteiger partial charge is 0.251 e. The Morgan fingerprint density at radius 3 is 2.93 bits per heavy atom. The average Bonchev–Trinajstić information content (AvgIpc) is 2.23. The van der Waals surface area contributed by atoms with Gasteiger partial charge in [0.1, 0.15) is 6.04 Å². The summed E-state index contributed by atoms with van der Waals surface area (Å²) >= 11 is 0. The summed E-state index contributed by atoms with van der Waals surface area (Å²) in [6.07, 6.45) is 5.33. The predicted octanol–water partition coefficient (Wildman–Crippen LogP) is -0.148. The third-order valence-electron chi connectivity index (χ3n) is 2.04. The number of aliphatic imine (C=N–C) groups is 1. The maximum absolute atomic E-state index is 11.4. The summed E-state index contributed by atoms with van der Waals surface area (Å²) in [5.41, 5.74) is 0. The van der Waals surface area contributed by atoms with Crippen molar-refractivity contribution in [1.29, 1.82) is 0 Å². The zero-order valence-corrected chi connectivity index (χ0v) is 7.51. The van der Waals surface area contributed by atoms with E-state index in [1.165, 1.54) is 36.6 Å². The van der Waals surface area contributed by atoms with Gasteiger partial charge in [-0.15, -0.1) is 0 Å². The molecule has 0 saturated carbocycles. The SMILES string of the molecule is COC1=CN2C(=O)C=CC(=O)C2C=N1. The number of hydrogen-bond donors (Lipinski definition) is 0. The number of hydrogen-bond acceptors (Lipinski definition) is 4. The summed E-state index contributed by atoms with van der Waals surface area (Å²) in [6.45, 7) is 0. The maximum Gasteiger partial charge on any atom is 0.251 e. The molecule has 0 aromatic heterocycles. The molecule has 1 amide bonds. The number of fused-ring (bicyclic) bond motifs is 1. The molecule has 0 aromatic carbocycles. The van der Waals surface area contributed by atoms with Crippen LogP contribution in [-0.4, -0.2) is 36.0 Å². The van der Waals surface area contributed by atoms with Crippen LogP contribution in [0.1, 0.15) is 0 Å². The van der Waals surface area contributed by atoms with E-state index in [1.807, 2.05) is 0 Å². The molecule has 0 bridgehead atoms. The second-order valence-electron chi connectivity index (χ2n) is 2.88. The highest BCUT2D eigenvalue weighted by Crippen LogP contribution is 2.15. The van der Waals surface area contributed by atoms with Crippen molar-refractivity contribution >= 4 is 17.9 Å². The van der Waals surface area contributed by atoms with Crippen LogP contribution in [0, 0.1) is 0 Å². The Bertz CT molecular complexity index is 382. The van der Waals surface area contributed by atoms with Crippen LogP contribution >= 0.6 is 0 Å². The summed E-state index contributed by atoms with van der Waals surface area (Å²) in [7, 11) is 1.45. The Hall–Kier alpha value is -1.91. The Morgan fingerprint density at radius 2 is 2.21 bits per heavy atom. The molecule has 2 heterocycles. The molecule has 2 aliphatic rings. The molecule has 14 heavy (non-hydrogen) atoms. The van der Waals surface area contributed by atoms with Crippen molar-refractivity contribution in [1.82, 2.24) is 4.90 Å². The van der Waals surface area contributed by atoms with Crippen molar-refractivity contribution in [3.63, 3.8) is 0 Å². The number of carbonyl (C=O) groups is 2. The number of rotatable bonds is 1. The number of ether oxygens (including phenoxy) is 1. The standard InChI is InChI=1S/C9H8N2O3/c1-14-8-5-11-6(4-10-8)7(12)2-3-9(11)13/h2-6H,1H3. The zero-order chi connectivity index (χ0) is 10.1. The largest absolute Gasteiger partial charge is 0.480 e. The van der Waals surface area contributed by atoms with E-state index >= 15 is 0 Å². The first-order chi connectivity index (χ1) is 6.72. The van der Waals surface area contributed by atoms with Gasteiger partial charge in [0.2, 0.25) is 5.88 Å². The van der Waals surface area contributed by atoms with Crippen LogP contribution in [0.2, 0.25) is 0 Å². The molecule has 0 radical (unpaired) electrons. The van der Waals surface area contributed by atoms with Gasteiger partial charge in [0.25, 0.3) is 5.91 Å². The van der Waals surface area contributed by atoms with Crippen LogP contribution in [0.15, 0.2) is 29.2 Å². The van der Waals surface area contributed by atoms with Crippen molar-refractivity contribution in [3.8, 4) is 0 Å². The Kier molecular flexibility index (Phi) is 1.92. The van der Waals surface area contributed by atoms with E-state index in [1.54, 1.807) is 0 Å². The first kappa shape index (κ1) is 8.68. The Labute approximate surface area is 80.4 Å². The highest BCUT2D eigenvalue weighted by Gasteiger charge is 2.31. The molecule has 0 saturated heterocycles. The maximum atomic E-state index is 11.4. The Morgan fingerprint density at radius 1 is 1.43 bits per heavy atom. The van der Waals surface area contributed by atoms with E-state index in [4.69, 9.17) is 4.74 Å². The highest BCUT2D eigenvalue weighted by molar-refractivity contribution is 6.14. The van der Waals surface area contributed by atoms with E-state index in [-0.39, 0.29) is 11.7 Å². The van der Waals surface area contributed by atoms with Crippen LogP contribution in [0.3, 0.4) is 0 Å². The van der Waals surface area contributed by atoms with Crippen molar-refractivity contribution < 1.29 is 14.3 Å². The highest BCUT2D eigenvalue weighted by atomic mass is 16.5. The molecular weight excluding hydrogens is 184 g/mol. The summed E-state index contributed by atoms with van der Waals surface area (Å²) in [6, 6.07) is -0.605. The minimum Gasteiger partial charge on any atom is -0.480 e. The molecule has 2 rings (SSSR count). The second-order valence-corrected chi connectivity index (χ2v) is 2.88. The lowest BCUT2D eigenvalue weighted by Crippen LogP contribution is -2.46. The molecule has 1 atom stereocenters. The molecule has 0 fully saturated rings. The third-order valence-corrected chi connectivity index (χ3v) is 2.04. The van der Waals surface area contributed by atoms with Crippen LogP contribution < -0.4 is 0 Å². The van der Waals surface area contributed by atoms with Gasteiger partial charge in [-0.3, -0.25) is 14.5 Å². The predicted molar refractivity (Wildman–Crippen MR) is 48.4 cm³/mol. The van der Waals surface area contributed by atoms with Crippen LogP contribution in [0.5, 0.6) is 0 Å². The van der Waals surface area contributed by atoms with Gasteiger partial charge < -0.3 is 4.74 Å². The number of nitrogens with zero attached hydrogens (tertiary/aromatic N) is 2. The fraction of sp³-hybridized carbons (Fsp3) is 0.222. The van der Waals surface area contributed by atoms with E-state index in [0.717, 1.165) is 0 Å². The van der Waals surface area contributed by atoms with E-state index in [9.17, 15) is 9.59 Å². The molecule has 0 aliphatic carbocycles. The van der Waals surface area contributed by atoms with Gasteiger partial charge in [0, 0.05) is 12.3 Å². The van der Waals surface area contributed by atoms with Crippen LogP contribution in [0.4, 0.5) is 0 Å². The van der Waals surface area contributed by atoms with E-state index < -0.39 is 6.04 Å². The summed E-state index contributed by atoms with van der Waals surface area (Å²) in [5, 5.41) is 0. The number of amides is 1. The normalized spacial score (nSPS) is 24.8. The van der Waals surface area contributed by atoms with Crippen molar-refractivity contribution in [2.75, 3.05) is 7.11 Å². The first-order valence-corrected chi connectivity index (χ1v) is 4.06. The molecule has 5 nitrogen and oxygen atoms in total. The van der Waals surface area contributed by atoms with Gasteiger partial charge in [0.15, 0.2) is 5.78 Å². The van der Waals surface area contributed by atoms with E-state index in [2.05, 4.69) is 4.99 Å². The van der Waals surface area contributed by atoms with Gasteiger partial charge >= 0.3 is 0 Å². The summed E-state index contributed by atoms with van der Waals surface area (Å²) < 4.78 is 4.86. The lowest BCUT2D eigenvalue weighted by Gasteiger charge is -2.28. The van der Waals surface area contributed by atoms with Crippen molar-refractivity contribution in [2.24, 2.45) is 4.99 Å². The third kappa shape index (κ3) is 1.22. The minimum atomic E-state index is -0.605. The zero-order valence-electron chi connectivity index (χ0n) is 7.51. The molecular formula is C9H8N2O3. The monoisotopic (exact) mass is 192 g/mol. The van der Waals surface area contributed by atoms with Crippen molar-refractivity contribution in [2.45, 2.75) is 6.04 Å². The molecule has 0 aromatic rings. The quantitative estimate of drug-likeness (QED) is 0.580. The summed E-state index contributed by atoms with van der Waals surface area (Å²) in [5.74, 6) is -0.0762. The fourth-order valence-corrected chi connectivity index (χ4v) is 1.30. The van der Waals surface area contributed by atoms with Crippen LogP contribution in [-0.2, 0) is 14.3 Å². The number of ketones is 1. The van der Waals surface area contributed by atoms with Gasteiger partial charge in [-0.25, -0.2) is 4.99 Å². The lowest BCUT2D eigenvalue weighted by molar-refractivity contribution is -0.130. The lowest BCUT2D eigenvalue weighted by atomic mass is 10.1. The fourth-order valence-electron chi connectivity index (χ4n) is 1.30. The Balaban J connectivity index is 2.36. The summed E-state index contributed by atoms with van der Waals surface area (Å²) in [4.78, 5) is 27.9. The molecule has 0 N–H and O–H groups in total. The van der Waals surface area contributed by atoms with Gasteiger partial charge in [0.05, 0.1) is 13.3 Å². The van der Waals surface area contributed by atoms with Crippen LogP contribution in [0.25, 0.3) is 0 Å².